The Balaban J connectivity index is 1.25. The van der Waals surface area contributed by atoms with Gasteiger partial charge in [0.25, 0.3) is 0 Å². The minimum absolute atomic E-state index is 0.00259. The second-order valence-corrected chi connectivity index (χ2v) is 9.08. The highest BCUT2D eigenvalue weighted by atomic mass is 79.9. The summed E-state index contributed by atoms with van der Waals surface area (Å²) in [6.07, 6.45) is 4.12. The Morgan fingerprint density at radius 3 is 2.81 bits per heavy atom. The maximum absolute atomic E-state index is 12.3. The number of amides is 1. The normalized spacial score (nSPS) is 10.9. The zero-order chi connectivity index (χ0) is 21.6. The van der Waals surface area contributed by atoms with E-state index >= 15 is 0 Å². The third-order valence-corrected chi connectivity index (χ3v) is 6.36. The van der Waals surface area contributed by atoms with Gasteiger partial charge in [0, 0.05) is 28.2 Å². The van der Waals surface area contributed by atoms with Gasteiger partial charge in [0.05, 0.1) is 23.5 Å². The van der Waals surface area contributed by atoms with E-state index in [9.17, 15) is 4.79 Å². The zero-order valence-corrected chi connectivity index (χ0v) is 19.6. The van der Waals surface area contributed by atoms with Gasteiger partial charge in [-0.25, -0.2) is 9.67 Å². The van der Waals surface area contributed by atoms with Crippen molar-refractivity contribution in [3.63, 3.8) is 0 Å². The fourth-order valence-electron chi connectivity index (χ4n) is 3.33. The van der Waals surface area contributed by atoms with Crippen LogP contribution in [-0.4, -0.2) is 27.2 Å². The zero-order valence-electron chi connectivity index (χ0n) is 17.2. The molecule has 0 atom stereocenters. The van der Waals surface area contributed by atoms with Crippen LogP contribution in [0.5, 0.6) is 0 Å². The van der Waals surface area contributed by atoms with E-state index < -0.39 is 0 Å². The van der Waals surface area contributed by atoms with Crippen molar-refractivity contribution in [3.05, 3.63) is 87.6 Å². The lowest BCUT2D eigenvalue weighted by atomic mass is 10.1. The summed E-state index contributed by atoms with van der Waals surface area (Å²) in [5.41, 5.74) is 5.14. The number of hydrogen-bond acceptors (Lipinski definition) is 4. The van der Waals surface area contributed by atoms with E-state index in [0.29, 0.717) is 13.0 Å². The Bertz CT molecular complexity index is 1170. The van der Waals surface area contributed by atoms with Crippen molar-refractivity contribution in [2.75, 3.05) is 6.54 Å². The van der Waals surface area contributed by atoms with E-state index in [1.807, 2.05) is 71.6 Å². The number of aromatic nitrogens is 3. The standard InChI is InChI=1S/C24H23BrN4OS/c1-17-19(15-29(28-17)22-10-3-2-4-11-22)8-6-12-26-23(30)14-21-16-31-24(27-21)18-7-5-9-20(25)13-18/h2-5,7,9-11,13,15-16H,6,8,12,14H2,1H3,(H,26,30). The Morgan fingerprint density at radius 2 is 2.00 bits per heavy atom. The highest BCUT2D eigenvalue weighted by Crippen LogP contribution is 2.26. The lowest BCUT2D eigenvalue weighted by Crippen LogP contribution is -2.26. The quantitative estimate of drug-likeness (QED) is 0.335. The summed E-state index contributed by atoms with van der Waals surface area (Å²) in [6.45, 7) is 2.66. The van der Waals surface area contributed by atoms with Crippen molar-refractivity contribution in [3.8, 4) is 16.3 Å². The highest BCUT2D eigenvalue weighted by Gasteiger charge is 2.10. The molecule has 0 unspecified atom stereocenters. The first kappa shape index (κ1) is 21.5. The number of nitrogens with zero attached hydrogens (tertiary/aromatic N) is 3. The van der Waals surface area contributed by atoms with Gasteiger partial charge < -0.3 is 5.32 Å². The Hall–Kier alpha value is -2.77. The van der Waals surface area contributed by atoms with Crippen LogP contribution in [-0.2, 0) is 17.6 Å². The van der Waals surface area contributed by atoms with Crippen LogP contribution in [0.3, 0.4) is 0 Å². The molecule has 0 saturated heterocycles. The van der Waals surface area contributed by atoms with Crippen molar-refractivity contribution in [1.29, 1.82) is 0 Å². The summed E-state index contributed by atoms with van der Waals surface area (Å²) in [5, 5.41) is 10.5. The van der Waals surface area contributed by atoms with Crippen LogP contribution in [0.4, 0.5) is 0 Å². The van der Waals surface area contributed by atoms with Crippen molar-refractivity contribution in [2.24, 2.45) is 0 Å². The molecular formula is C24H23BrN4OS. The molecule has 0 fully saturated rings. The molecule has 1 N–H and O–H groups in total. The molecule has 0 aliphatic heterocycles. The number of hydrogen-bond donors (Lipinski definition) is 1. The summed E-state index contributed by atoms with van der Waals surface area (Å²) in [5.74, 6) is 0.00259. The Morgan fingerprint density at radius 1 is 1.16 bits per heavy atom. The van der Waals surface area contributed by atoms with Gasteiger partial charge in [-0.2, -0.15) is 5.10 Å². The number of aryl methyl sites for hydroxylation is 2. The number of rotatable bonds is 8. The van der Waals surface area contributed by atoms with Gasteiger partial charge in [0.2, 0.25) is 5.91 Å². The largest absolute Gasteiger partial charge is 0.356 e. The van der Waals surface area contributed by atoms with Crippen LogP contribution in [0.2, 0.25) is 0 Å². The number of halogens is 1. The van der Waals surface area contributed by atoms with Gasteiger partial charge in [-0.1, -0.05) is 46.3 Å². The maximum Gasteiger partial charge on any atom is 0.226 e. The van der Waals surface area contributed by atoms with Crippen LogP contribution in [0.25, 0.3) is 16.3 Å². The molecule has 0 spiro atoms. The number of carbonyl (C=O) groups is 1. The summed E-state index contributed by atoms with van der Waals surface area (Å²) in [6, 6.07) is 18.1. The van der Waals surface area contributed by atoms with Crippen LogP contribution in [0.15, 0.2) is 70.6 Å². The number of carbonyl (C=O) groups excluding carboxylic acids is 1. The van der Waals surface area contributed by atoms with Gasteiger partial charge in [-0.05, 0) is 49.6 Å². The van der Waals surface area contributed by atoms with Crippen LogP contribution < -0.4 is 5.32 Å². The molecule has 5 nitrogen and oxygen atoms in total. The third kappa shape index (κ3) is 5.68. The summed E-state index contributed by atoms with van der Waals surface area (Å²) in [4.78, 5) is 16.9. The van der Waals surface area contributed by atoms with Gasteiger partial charge >= 0.3 is 0 Å². The van der Waals surface area contributed by atoms with Gasteiger partial charge in [0.1, 0.15) is 5.01 Å². The van der Waals surface area contributed by atoms with E-state index in [0.717, 1.165) is 45.0 Å². The monoisotopic (exact) mass is 494 g/mol. The fourth-order valence-corrected chi connectivity index (χ4v) is 4.55. The number of nitrogens with one attached hydrogen (secondary N) is 1. The predicted molar refractivity (Wildman–Crippen MR) is 129 cm³/mol. The average molecular weight is 495 g/mol. The number of thiazole rings is 1. The third-order valence-electron chi connectivity index (χ3n) is 4.93. The van der Waals surface area contributed by atoms with Crippen molar-refractivity contribution in [1.82, 2.24) is 20.1 Å². The predicted octanol–water partition coefficient (Wildman–Crippen LogP) is 5.36. The summed E-state index contributed by atoms with van der Waals surface area (Å²) in [7, 11) is 0. The lowest BCUT2D eigenvalue weighted by Gasteiger charge is -2.04. The number of para-hydroxylation sites is 1. The van der Waals surface area contributed by atoms with Crippen molar-refractivity contribution >= 4 is 33.2 Å². The molecule has 2 aromatic heterocycles. The van der Waals surface area contributed by atoms with E-state index in [-0.39, 0.29) is 5.91 Å². The molecule has 158 valence electrons. The molecule has 0 bridgehead atoms. The first-order valence-corrected chi connectivity index (χ1v) is 11.8. The first-order chi connectivity index (χ1) is 15.1. The van der Waals surface area contributed by atoms with Crippen LogP contribution in [0.1, 0.15) is 23.4 Å². The second kappa shape index (κ2) is 10.0. The topological polar surface area (TPSA) is 59.8 Å². The maximum atomic E-state index is 12.3. The molecule has 0 saturated carbocycles. The fraction of sp³-hybridized carbons (Fsp3) is 0.208. The smallest absolute Gasteiger partial charge is 0.226 e. The molecule has 2 aromatic carbocycles. The van der Waals surface area contributed by atoms with E-state index in [2.05, 4.69) is 37.5 Å². The molecule has 7 heteroatoms. The second-order valence-electron chi connectivity index (χ2n) is 7.30. The van der Waals surface area contributed by atoms with Gasteiger partial charge in [0.15, 0.2) is 0 Å². The Kier molecular flexibility index (Phi) is 6.94. The van der Waals surface area contributed by atoms with E-state index in [1.165, 1.54) is 5.56 Å². The van der Waals surface area contributed by atoms with Crippen molar-refractivity contribution < 1.29 is 4.79 Å². The van der Waals surface area contributed by atoms with Gasteiger partial charge in [-0.15, -0.1) is 11.3 Å². The highest BCUT2D eigenvalue weighted by molar-refractivity contribution is 9.10. The molecule has 2 heterocycles. The Labute approximate surface area is 194 Å². The molecule has 31 heavy (non-hydrogen) atoms. The summed E-state index contributed by atoms with van der Waals surface area (Å²) < 4.78 is 2.93. The summed E-state index contributed by atoms with van der Waals surface area (Å²) >= 11 is 5.04. The van der Waals surface area contributed by atoms with Crippen LogP contribution in [0, 0.1) is 6.92 Å². The van der Waals surface area contributed by atoms with Gasteiger partial charge in [-0.3, -0.25) is 4.79 Å². The molecular weight excluding hydrogens is 472 g/mol. The molecule has 4 rings (SSSR count). The van der Waals surface area contributed by atoms with E-state index in [1.54, 1.807) is 11.3 Å². The molecule has 0 radical (unpaired) electrons. The van der Waals surface area contributed by atoms with Crippen LogP contribution >= 0.6 is 27.3 Å². The minimum atomic E-state index is 0.00259. The molecule has 1 amide bonds. The average Bonchev–Trinajstić information content (AvgIpc) is 3.38. The minimum Gasteiger partial charge on any atom is -0.356 e. The number of benzene rings is 2. The lowest BCUT2D eigenvalue weighted by molar-refractivity contribution is -0.120. The first-order valence-electron chi connectivity index (χ1n) is 10.2. The van der Waals surface area contributed by atoms with E-state index in [4.69, 9.17) is 0 Å². The molecule has 0 aliphatic rings. The molecule has 0 aliphatic carbocycles. The SMILES string of the molecule is Cc1nn(-c2ccccc2)cc1CCCNC(=O)Cc1csc(-c2cccc(Br)c2)n1. The molecule has 4 aromatic rings. The van der Waals surface area contributed by atoms with Crippen molar-refractivity contribution in [2.45, 2.75) is 26.2 Å².